The van der Waals surface area contributed by atoms with E-state index < -0.39 is 59.7 Å². The molecule has 0 saturated carbocycles. The maximum absolute atomic E-state index is 14.1. The lowest BCUT2D eigenvalue weighted by Crippen LogP contribution is -2.48. The molecule has 0 radical (unpaired) electrons. The zero-order valence-corrected chi connectivity index (χ0v) is 29.0. The summed E-state index contributed by atoms with van der Waals surface area (Å²) in [6.45, 7) is 3.20. The second kappa shape index (κ2) is 14.3. The van der Waals surface area contributed by atoms with Crippen LogP contribution in [-0.4, -0.2) is 86.4 Å². The van der Waals surface area contributed by atoms with Gasteiger partial charge >= 0.3 is 18.0 Å². The van der Waals surface area contributed by atoms with Crippen molar-refractivity contribution in [2.45, 2.75) is 75.8 Å². The van der Waals surface area contributed by atoms with E-state index in [-0.39, 0.29) is 30.4 Å². The lowest BCUT2D eigenvalue weighted by atomic mass is 9.90. The normalized spacial score (nSPS) is 19.1. The number of imidazole rings is 1. The van der Waals surface area contributed by atoms with Gasteiger partial charge < -0.3 is 25.4 Å². The van der Waals surface area contributed by atoms with Crippen molar-refractivity contribution in [3.8, 4) is 0 Å². The maximum atomic E-state index is 14.1. The van der Waals surface area contributed by atoms with Crippen molar-refractivity contribution in [3.05, 3.63) is 69.8 Å². The SMILES string of the molecule is Nc1c(C(F)(F)F)cc(C[C@@H](CC(=O)N2CCC(n3c(=O)[nH]c4c5ccccc5ncc43)CC2)C(=O)N2CCC(N3CCCC3)CC2)cc1C(F)(F)F. The molecule has 3 aliphatic heterocycles. The first-order valence-corrected chi connectivity index (χ1v) is 18.0. The number of likely N-dealkylation sites (tertiary alicyclic amines) is 3. The summed E-state index contributed by atoms with van der Waals surface area (Å²) in [5, 5.41) is 0.801. The number of carbonyl (C=O) groups excluding carboxylic acids is 2. The third-order valence-electron chi connectivity index (χ3n) is 11.2. The van der Waals surface area contributed by atoms with Gasteiger partial charge in [-0.25, -0.2) is 4.79 Å². The fraction of sp³-hybridized carbons (Fsp3) is 0.514. The third kappa shape index (κ3) is 7.47. The molecule has 3 fully saturated rings. The number of anilines is 1. The smallest absolute Gasteiger partial charge is 0.398 e. The van der Waals surface area contributed by atoms with Gasteiger partial charge in [-0.2, -0.15) is 26.3 Å². The highest BCUT2D eigenvalue weighted by Gasteiger charge is 2.42. The molecule has 4 aromatic rings. The van der Waals surface area contributed by atoms with Gasteiger partial charge in [0.25, 0.3) is 0 Å². The summed E-state index contributed by atoms with van der Waals surface area (Å²) in [7, 11) is 0. The van der Waals surface area contributed by atoms with E-state index in [1.165, 1.54) is 0 Å². The highest BCUT2D eigenvalue weighted by atomic mass is 19.4. The number of aromatic nitrogens is 3. The molecular formula is C37H41F6N7O3. The van der Waals surface area contributed by atoms with Gasteiger partial charge in [-0.3, -0.25) is 19.1 Å². The molecule has 16 heteroatoms. The number of amides is 2. The van der Waals surface area contributed by atoms with E-state index in [9.17, 15) is 40.7 Å². The Bertz CT molecular complexity index is 2020. The average molecular weight is 746 g/mol. The van der Waals surface area contributed by atoms with E-state index in [0.29, 0.717) is 68.0 Å². The first-order valence-electron chi connectivity index (χ1n) is 18.0. The zero-order chi connectivity index (χ0) is 37.7. The van der Waals surface area contributed by atoms with Crippen LogP contribution in [0.25, 0.3) is 21.9 Å². The molecule has 284 valence electrons. The molecule has 2 aromatic carbocycles. The van der Waals surface area contributed by atoms with Crippen LogP contribution in [0.5, 0.6) is 0 Å². The Labute approximate surface area is 300 Å². The number of nitrogen functional groups attached to an aromatic ring is 1. The molecule has 5 heterocycles. The lowest BCUT2D eigenvalue weighted by molar-refractivity contribution is -0.143. The Morgan fingerprint density at radius 1 is 0.849 bits per heavy atom. The van der Waals surface area contributed by atoms with Gasteiger partial charge in [0.05, 0.1) is 45.5 Å². The predicted octanol–water partition coefficient (Wildman–Crippen LogP) is 6.00. The Balaban J connectivity index is 1.10. The minimum absolute atomic E-state index is 0.240. The highest BCUT2D eigenvalue weighted by molar-refractivity contribution is 6.01. The molecular weight excluding hydrogens is 704 g/mol. The number of hydrogen-bond acceptors (Lipinski definition) is 6. The third-order valence-corrected chi connectivity index (χ3v) is 11.2. The Morgan fingerprint density at radius 3 is 2.06 bits per heavy atom. The van der Waals surface area contributed by atoms with Crippen molar-refractivity contribution in [2.75, 3.05) is 45.0 Å². The Kier molecular flexibility index (Phi) is 9.93. The van der Waals surface area contributed by atoms with Crippen molar-refractivity contribution >= 4 is 39.4 Å². The molecule has 3 aliphatic rings. The van der Waals surface area contributed by atoms with Crippen molar-refractivity contribution in [3.63, 3.8) is 0 Å². The summed E-state index contributed by atoms with van der Waals surface area (Å²) >= 11 is 0. The van der Waals surface area contributed by atoms with Crippen molar-refractivity contribution in [1.82, 2.24) is 29.2 Å². The molecule has 3 saturated heterocycles. The second-order valence-electron chi connectivity index (χ2n) is 14.5. The molecule has 2 amide bonds. The van der Waals surface area contributed by atoms with Crippen LogP contribution >= 0.6 is 0 Å². The fourth-order valence-electron chi connectivity index (χ4n) is 8.44. The largest absolute Gasteiger partial charge is 0.418 e. The van der Waals surface area contributed by atoms with E-state index in [4.69, 9.17) is 5.73 Å². The second-order valence-corrected chi connectivity index (χ2v) is 14.5. The van der Waals surface area contributed by atoms with E-state index in [0.717, 1.165) is 36.8 Å². The summed E-state index contributed by atoms with van der Waals surface area (Å²) in [6.07, 6.45) is -5.19. The van der Waals surface area contributed by atoms with E-state index >= 15 is 0 Å². The topological polar surface area (TPSA) is 121 Å². The van der Waals surface area contributed by atoms with Crippen molar-refractivity contribution < 1.29 is 35.9 Å². The Hall–Kier alpha value is -4.60. The Morgan fingerprint density at radius 2 is 1.43 bits per heavy atom. The first-order chi connectivity index (χ1) is 25.2. The van der Waals surface area contributed by atoms with E-state index in [1.807, 2.05) is 24.3 Å². The van der Waals surface area contributed by atoms with Gasteiger partial charge in [0, 0.05) is 50.1 Å². The summed E-state index contributed by atoms with van der Waals surface area (Å²) in [6, 6.07) is 8.58. The van der Waals surface area contributed by atoms with E-state index in [1.54, 1.807) is 20.6 Å². The molecule has 2 aromatic heterocycles. The number of H-pyrrole nitrogens is 1. The number of piperidine rings is 2. The molecule has 3 N–H and O–H groups in total. The summed E-state index contributed by atoms with van der Waals surface area (Å²) in [5.41, 5.74) is 2.03. The number of rotatable bonds is 7. The predicted molar refractivity (Wildman–Crippen MR) is 186 cm³/mol. The van der Waals surface area contributed by atoms with Gasteiger partial charge in [-0.15, -0.1) is 0 Å². The first kappa shape index (κ1) is 36.7. The van der Waals surface area contributed by atoms with Crippen molar-refractivity contribution in [1.29, 1.82) is 0 Å². The number of carbonyl (C=O) groups is 2. The molecule has 7 rings (SSSR count). The minimum atomic E-state index is -5.17. The summed E-state index contributed by atoms with van der Waals surface area (Å²) in [5.74, 6) is -2.11. The fourth-order valence-corrected chi connectivity index (χ4v) is 8.44. The number of pyridine rings is 1. The lowest BCUT2D eigenvalue weighted by Gasteiger charge is -2.38. The van der Waals surface area contributed by atoms with Gasteiger partial charge in [0.2, 0.25) is 11.8 Å². The maximum Gasteiger partial charge on any atom is 0.418 e. The molecule has 0 unspecified atom stereocenters. The average Bonchev–Trinajstić information content (AvgIpc) is 3.79. The zero-order valence-electron chi connectivity index (χ0n) is 29.0. The number of hydrogen-bond donors (Lipinski definition) is 2. The number of fused-ring (bicyclic) bond motifs is 3. The number of alkyl halides is 6. The van der Waals surface area contributed by atoms with Gasteiger partial charge in [-0.05, 0) is 81.8 Å². The van der Waals surface area contributed by atoms with Crippen LogP contribution in [0.3, 0.4) is 0 Å². The number of nitrogens with two attached hydrogens (primary N) is 1. The molecule has 0 bridgehead atoms. The molecule has 10 nitrogen and oxygen atoms in total. The van der Waals surface area contributed by atoms with Crippen LogP contribution in [-0.2, 0) is 28.4 Å². The molecule has 0 spiro atoms. The quantitative estimate of drug-likeness (QED) is 0.177. The van der Waals surface area contributed by atoms with Gasteiger partial charge in [-0.1, -0.05) is 18.2 Å². The van der Waals surface area contributed by atoms with Crippen LogP contribution in [0.15, 0.2) is 47.4 Å². The highest BCUT2D eigenvalue weighted by Crippen LogP contribution is 2.42. The van der Waals surface area contributed by atoms with Crippen LogP contribution in [0.1, 0.15) is 67.7 Å². The van der Waals surface area contributed by atoms with Crippen LogP contribution in [0.2, 0.25) is 0 Å². The number of halogens is 6. The summed E-state index contributed by atoms with van der Waals surface area (Å²) < 4.78 is 85.1. The van der Waals surface area contributed by atoms with Gasteiger partial charge in [0.1, 0.15) is 0 Å². The van der Waals surface area contributed by atoms with Crippen LogP contribution in [0.4, 0.5) is 32.0 Å². The number of nitrogens with one attached hydrogen (secondary N) is 1. The summed E-state index contributed by atoms with van der Waals surface area (Å²) in [4.78, 5) is 54.0. The molecule has 53 heavy (non-hydrogen) atoms. The minimum Gasteiger partial charge on any atom is -0.398 e. The monoisotopic (exact) mass is 745 g/mol. The van der Waals surface area contributed by atoms with E-state index in [2.05, 4.69) is 14.9 Å². The number of aromatic amines is 1. The van der Waals surface area contributed by atoms with Gasteiger partial charge in [0.15, 0.2) is 0 Å². The molecule has 1 atom stereocenters. The standard InChI is InChI=1S/C37H41F6N7O3/c38-36(39,40)27-18-22(19-28(32(27)44)37(41,42)43)17-23(34(52)49-15-7-24(8-16-49)47-11-3-4-12-47)20-31(51)48-13-9-25(10-14-48)50-30-21-45-29-6-2-1-5-26(29)33(30)46-35(50)53/h1-2,5-6,18-19,21,23-25H,3-4,7-17,20,44H2,(H,46,53)/t23-/m0/s1. The molecule has 0 aliphatic carbocycles. The van der Waals surface area contributed by atoms with Crippen LogP contribution in [0, 0.1) is 5.92 Å². The number of nitrogens with zero attached hydrogens (tertiary/aromatic N) is 5. The number of benzene rings is 2. The van der Waals surface area contributed by atoms with Crippen molar-refractivity contribution in [2.24, 2.45) is 5.92 Å². The number of para-hydroxylation sites is 1. The van der Waals surface area contributed by atoms with Crippen LogP contribution < -0.4 is 11.4 Å².